The number of benzene rings is 5. The van der Waals surface area contributed by atoms with Crippen molar-refractivity contribution in [1.29, 1.82) is 0 Å². The van der Waals surface area contributed by atoms with Crippen LogP contribution >= 0.6 is 0 Å². The Balaban J connectivity index is 0.000000101. The topological polar surface area (TPSA) is 225 Å². The molecule has 135 heavy (non-hydrogen) atoms. The molecular weight excluding hydrogens is 1700 g/mol. The summed E-state index contributed by atoms with van der Waals surface area (Å²) in [6.45, 7) is 2.26. The maximum Gasteiger partial charge on any atom is 0.332 e. The quantitative estimate of drug-likeness (QED) is 0.0430. The van der Waals surface area contributed by atoms with E-state index in [0.717, 1.165) is 167 Å². The molecule has 2 saturated carbocycles. The lowest BCUT2D eigenvalue weighted by Crippen LogP contribution is -2.48. The number of ether oxygens (including phenoxy) is 9. The Labute approximate surface area is 790 Å². The highest BCUT2D eigenvalue weighted by Crippen LogP contribution is 2.64. The van der Waals surface area contributed by atoms with E-state index in [-0.39, 0.29) is 97.5 Å². The molecule has 21 heteroatoms. The molecular formula is C114H119N5O16. The highest BCUT2D eigenvalue weighted by atomic mass is 16.7. The lowest BCUT2D eigenvalue weighted by molar-refractivity contribution is -0.152. The van der Waals surface area contributed by atoms with Crippen molar-refractivity contribution >= 4 is 53.8 Å². The summed E-state index contributed by atoms with van der Waals surface area (Å²) in [7, 11) is 10.8. The Hall–Kier alpha value is -11.4. The van der Waals surface area contributed by atoms with Gasteiger partial charge in [0.05, 0.1) is 49.5 Å². The van der Waals surface area contributed by atoms with Crippen LogP contribution in [0, 0.1) is 41.4 Å². The number of rotatable bonds is 15. The minimum absolute atomic E-state index is 0.0343. The zero-order valence-corrected chi connectivity index (χ0v) is 77.7. The second-order valence-corrected chi connectivity index (χ2v) is 39.8. The minimum atomic E-state index is -0.585. The first-order valence-electron chi connectivity index (χ1n) is 48.7. The molecule has 5 aromatic carbocycles. The van der Waals surface area contributed by atoms with Crippen molar-refractivity contribution in [3.63, 3.8) is 0 Å². The molecule has 696 valence electrons. The maximum atomic E-state index is 12.3. The van der Waals surface area contributed by atoms with Gasteiger partial charge in [0.15, 0.2) is 35.0 Å². The van der Waals surface area contributed by atoms with Gasteiger partial charge in [0, 0.05) is 185 Å². The molecule has 0 radical (unpaired) electrons. The summed E-state index contributed by atoms with van der Waals surface area (Å²) in [5.41, 5.74) is 16.3. The number of carbonyl (C=O) groups excluding carboxylic acids is 5. The summed E-state index contributed by atoms with van der Waals surface area (Å²) < 4.78 is 52.2. The third-order valence-corrected chi connectivity index (χ3v) is 32.6. The van der Waals surface area contributed by atoms with Crippen molar-refractivity contribution in [1.82, 2.24) is 19.6 Å². The Morgan fingerprint density at radius 1 is 0.385 bits per heavy atom. The van der Waals surface area contributed by atoms with E-state index in [2.05, 4.69) is 166 Å². The van der Waals surface area contributed by atoms with Crippen LogP contribution in [0.4, 0.5) is 5.69 Å². The molecule has 5 spiro atoms. The molecule has 0 aromatic heterocycles. The fraction of sp³-hybridized carbons (Fsp3) is 0.430. The Bertz CT molecular complexity index is 6080. The Morgan fingerprint density at radius 3 is 1.27 bits per heavy atom. The summed E-state index contributed by atoms with van der Waals surface area (Å²) in [6.07, 6.45) is 52.4. The number of aliphatic hydroxyl groups excluding tert-OH is 2. The smallest absolute Gasteiger partial charge is 0.332 e. The van der Waals surface area contributed by atoms with Crippen LogP contribution in [0.25, 0.3) is 18.2 Å². The molecule has 20 aliphatic rings. The fourth-order valence-electron chi connectivity index (χ4n) is 27.1. The van der Waals surface area contributed by atoms with Gasteiger partial charge in [-0.25, -0.2) is 24.0 Å². The van der Waals surface area contributed by atoms with Crippen LogP contribution in [0.5, 0.6) is 0 Å². The van der Waals surface area contributed by atoms with Crippen LogP contribution in [0.3, 0.4) is 0 Å². The van der Waals surface area contributed by atoms with Crippen molar-refractivity contribution in [3.8, 4) is 23.7 Å². The molecule has 13 aliphatic heterocycles. The van der Waals surface area contributed by atoms with E-state index in [1.54, 1.807) is 58.8 Å². The van der Waals surface area contributed by atoms with E-state index in [9.17, 15) is 29.1 Å². The zero-order chi connectivity index (χ0) is 92.7. The van der Waals surface area contributed by atoms with Crippen LogP contribution in [-0.4, -0.2) is 216 Å². The van der Waals surface area contributed by atoms with E-state index < -0.39 is 22.4 Å². The van der Waals surface area contributed by atoms with E-state index in [4.69, 9.17) is 47.7 Å². The number of nitrogens with zero attached hydrogens (tertiary/aromatic N) is 5. The van der Waals surface area contributed by atoms with Gasteiger partial charge in [-0.15, -0.1) is 0 Å². The second-order valence-electron chi connectivity index (χ2n) is 39.8. The predicted octanol–water partition coefficient (Wildman–Crippen LogP) is 15.6. The normalized spacial score (nSPS) is 33.1. The molecule has 5 aromatic rings. The van der Waals surface area contributed by atoms with Crippen molar-refractivity contribution in [2.24, 2.45) is 17.8 Å². The molecule has 10 bridgehead atoms. The molecule has 0 amide bonds. The summed E-state index contributed by atoms with van der Waals surface area (Å²) in [4.78, 5) is 73.2. The summed E-state index contributed by atoms with van der Waals surface area (Å²) >= 11 is 0. The van der Waals surface area contributed by atoms with Gasteiger partial charge in [-0.3, -0.25) is 19.6 Å². The number of aliphatic hydroxyl groups is 2. The lowest BCUT2D eigenvalue weighted by atomic mass is 9.73. The first-order chi connectivity index (χ1) is 65.8. The summed E-state index contributed by atoms with van der Waals surface area (Å²) in [5, 5.41) is 18.3. The highest BCUT2D eigenvalue weighted by Gasteiger charge is 2.69. The Morgan fingerprint density at radius 2 is 0.770 bits per heavy atom. The molecule has 18 atom stereocenters. The average Bonchev–Trinajstić information content (AvgIpc) is 1.55. The summed E-state index contributed by atoms with van der Waals surface area (Å²) in [6, 6.07) is 46.4. The monoisotopic (exact) mass is 1810 g/mol. The van der Waals surface area contributed by atoms with Gasteiger partial charge < -0.3 is 57.7 Å². The number of hydrogen-bond donors (Lipinski definition) is 2. The molecule has 2 N–H and O–H groups in total. The lowest BCUT2D eigenvalue weighted by Gasteiger charge is -2.38. The van der Waals surface area contributed by atoms with Gasteiger partial charge in [0.25, 0.3) is 0 Å². The van der Waals surface area contributed by atoms with E-state index in [1.807, 2.05) is 97.1 Å². The molecule has 13 heterocycles. The molecule has 18 unspecified atom stereocenters. The Kier molecular flexibility index (Phi) is 24.6. The number of carbonyl (C=O) groups is 5. The van der Waals surface area contributed by atoms with Gasteiger partial charge in [-0.05, 0) is 176 Å². The highest BCUT2D eigenvalue weighted by molar-refractivity contribution is 5.93. The largest absolute Gasteiger partial charge is 0.451 e. The first kappa shape index (κ1) is 90.1. The van der Waals surface area contributed by atoms with E-state index >= 15 is 0 Å². The van der Waals surface area contributed by atoms with Gasteiger partial charge in [0.1, 0.15) is 5.60 Å². The van der Waals surface area contributed by atoms with Crippen LogP contribution in [0.15, 0.2) is 268 Å². The average molecular weight is 1820 g/mol. The molecule has 7 aliphatic carbocycles. The van der Waals surface area contributed by atoms with E-state index in [1.165, 1.54) is 68.2 Å². The minimum Gasteiger partial charge on any atom is -0.451 e. The van der Waals surface area contributed by atoms with Crippen LogP contribution in [-0.2, 0) is 79.8 Å². The zero-order valence-electron chi connectivity index (χ0n) is 77.7. The number of fused-ring (bicyclic) bond motifs is 15. The number of esters is 5. The van der Waals surface area contributed by atoms with Crippen LogP contribution in [0.2, 0.25) is 0 Å². The number of methoxy groups -OCH3 is 4. The van der Waals surface area contributed by atoms with Crippen molar-refractivity contribution in [2.45, 2.75) is 236 Å². The van der Waals surface area contributed by atoms with Crippen molar-refractivity contribution in [3.05, 3.63) is 307 Å². The molecule has 8 saturated heterocycles. The third kappa shape index (κ3) is 16.1. The van der Waals surface area contributed by atoms with Crippen LogP contribution in [0.1, 0.15) is 161 Å². The first-order valence-corrected chi connectivity index (χ1v) is 48.7. The number of anilines is 1. The second kappa shape index (κ2) is 36.9. The van der Waals surface area contributed by atoms with Gasteiger partial charge in [-0.2, -0.15) is 0 Å². The number of piperidine rings is 2. The number of hydrogen-bond acceptors (Lipinski definition) is 21. The summed E-state index contributed by atoms with van der Waals surface area (Å²) in [5.74, 6) is 13.7. The standard InChI is InChI=1S/C24H27NO2.C23H25NO4.C23H23NO4.C22H23NO3.C22H21NO3/c1-25(2)19-11-8-16(9-12-19)7-10-17-13-18-15-24(22(17)14-23(26)27-24)21-6-4-3-5-20(18)21;2*1-26-22(27-2)19-10-11-20-23-14-17(24(19)20)12-16(18(23)13-21(25)28-23)9-8-15-6-4-3-5-7-15;2*24-14-16-6-4-15(5-7-16)8-9-17-11-18-13-22(19(17)12-21(25)26-22)20-3-1-2-10-23(18)20/h7-14,18,20-21H,3-6,15H2,1-2H3;3-9,12-13,17,19-20,22H,10-11,14H2,1-2H3;3-7,12-13,17,19-20,22H,10-11,14H2,1-2H3;4-9,11-12,18,20,24H,1-3,10,13-14H2;4-7,11-12,18,20,24H,1-3,10,13-14H2. The number of allylic oxidation sites excluding steroid dienone is 4. The van der Waals surface area contributed by atoms with E-state index in [0.29, 0.717) is 41.9 Å². The predicted molar refractivity (Wildman–Crippen MR) is 513 cm³/mol. The van der Waals surface area contributed by atoms with Gasteiger partial charge in [-0.1, -0.05) is 213 Å². The SMILES string of the molecule is CN(C)c1ccc(C=CC2=CC3CC4(OC(=O)C=C24)C2CCCCC32)cc1.COC(OC)C1CCC2N1C1C=C(C#Cc3ccccc3)C3=CC(=O)OC32C1.COC(OC)C1CCC2N1C1C=C(C=Cc3ccccc3)C3=CC(=O)OC32C1.O=C1C=C2C(C#Cc3ccc(CO)cc3)=CC3CC2(O1)C1CCCCN31.O=C1C=C2C(C=Cc3ccc(CO)cc3)=CC3CC2(O1)C1CCCCN31. The van der Waals surface area contributed by atoms with Gasteiger partial charge in [0.2, 0.25) is 0 Å². The van der Waals surface area contributed by atoms with Crippen LogP contribution < -0.4 is 4.90 Å². The third-order valence-electron chi connectivity index (χ3n) is 32.6. The molecule has 21 nitrogen and oxygen atoms in total. The fourth-order valence-corrected chi connectivity index (χ4v) is 27.1. The van der Waals surface area contributed by atoms with Crippen molar-refractivity contribution in [2.75, 3.05) is 60.5 Å². The maximum absolute atomic E-state index is 12.3. The van der Waals surface area contributed by atoms with Gasteiger partial charge >= 0.3 is 29.8 Å². The molecule has 10 fully saturated rings. The van der Waals surface area contributed by atoms with Crippen molar-refractivity contribution < 1.29 is 76.8 Å². The molecule has 25 rings (SSSR count).